The molecule has 0 spiro atoms. The maximum atomic E-state index is 14.7. The maximum Gasteiger partial charge on any atom is 0.414 e. The van der Waals surface area contributed by atoms with Crippen molar-refractivity contribution in [2.45, 2.75) is 6.10 Å². The molecule has 1 N–H and O–H groups in total. The average Bonchev–Trinajstić information content (AvgIpc) is 3.32. The van der Waals surface area contributed by atoms with E-state index in [0.717, 1.165) is 0 Å². The number of pyridine rings is 1. The minimum atomic E-state index is -0.608. The van der Waals surface area contributed by atoms with Crippen molar-refractivity contribution in [3.05, 3.63) is 42.3 Å². The molecule has 1 saturated heterocycles. The first kappa shape index (κ1) is 18.7. The molecule has 1 aliphatic heterocycles. The fourth-order valence-electron chi connectivity index (χ4n) is 3.09. The number of ether oxygens (including phenoxy) is 1. The van der Waals surface area contributed by atoms with Crippen molar-refractivity contribution >= 4 is 23.5 Å². The molecule has 11 heteroatoms. The molecule has 4 rings (SSSR count). The van der Waals surface area contributed by atoms with Crippen LogP contribution in [0.1, 0.15) is 0 Å². The van der Waals surface area contributed by atoms with Gasteiger partial charge in [-0.25, -0.2) is 18.9 Å². The number of anilines is 3. The molecular weight excluding hydrogens is 381 g/mol. The highest BCUT2D eigenvalue weighted by Crippen LogP contribution is 2.30. The van der Waals surface area contributed by atoms with E-state index in [1.807, 2.05) is 0 Å². The van der Waals surface area contributed by atoms with Crippen LogP contribution in [0.25, 0.3) is 11.1 Å². The standard InChI is InChI=1S/C18H18FN7O3/c1-24(17-21-22-23-25(17)2)16-6-3-11(8-20-16)14-5-4-12(7-15(14)19)26-9-13(10-27)29-18(26)28/h3-8,13,27H,9-10H2,1-2H3. The van der Waals surface area contributed by atoms with E-state index in [1.54, 1.807) is 49.5 Å². The van der Waals surface area contributed by atoms with Crippen LogP contribution in [0.15, 0.2) is 36.5 Å². The average molecular weight is 399 g/mol. The number of halogens is 1. The second kappa shape index (κ2) is 7.43. The number of nitrogens with zero attached hydrogens (tertiary/aromatic N) is 7. The second-order valence-electron chi connectivity index (χ2n) is 6.53. The number of carbonyl (C=O) groups excluding carboxylic acids is 1. The Bertz CT molecular complexity index is 1040. The van der Waals surface area contributed by atoms with Gasteiger partial charge >= 0.3 is 6.09 Å². The minimum Gasteiger partial charge on any atom is -0.441 e. The molecule has 3 heterocycles. The molecule has 0 saturated carbocycles. The number of aromatic nitrogens is 5. The van der Waals surface area contributed by atoms with Crippen molar-refractivity contribution in [3.63, 3.8) is 0 Å². The highest BCUT2D eigenvalue weighted by Gasteiger charge is 2.32. The molecule has 2 aromatic heterocycles. The lowest BCUT2D eigenvalue weighted by atomic mass is 10.1. The molecule has 1 aliphatic rings. The molecule has 0 radical (unpaired) electrons. The molecule has 1 atom stereocenters. The largest absolute Gasteiger partial charge is 0.441 e. The number of aryl methyl sites for hydroxylation is 1. The van der Waals surface area contributed by atoms with Gasteiger partial charge < -0.3 is 9.84 Å². The van der Waals surface area contributed by atoms with Crippen molar-refractivity contribution in [2.24, 2.45) is 7.05 Å². The summed E-state index contributed by atoms with van der Waals surface area (Å²) in [6.45, 7) is -0.104. The van der Waals surface area contributed by atoms with Crippen LogP contribution in [-0.2, 0) is 11.8 Å². The van der Waals surface area contributed by atoms with Crippen molar-refractivity contribution in [1.29, 1.82) is 0 Å². The summed E-state index contributed by atoms with van der Waals surface area (Å²) in [5.74, 6) is 0.612. The summed E-state index contributed by atoms with van der Waals surface area (Å²) in [4.78, 5) is 19.2. The van der Waals surface area contributed by atoms with Crippen molar-refractivity contribution < 1.29 is 19.0 Å². The molecule has 1 unspecified atom stereocenters. The van der Waals surface area contributed by atoms with Crippen LogP contribution in [-0.4, -0.2) is 62.7 Å². The van der Waals surface area contributed by atoms with E-state index < -0.39 is 18.0 Å². The van der Waals surface area contributed by atoms with Crippen LogP contribution >= 0.6 is 0 Å². The molecule has 150 valence electrons. The first-order chi connectivity index (χ1) is 14.0. The maximum absolute atomic E-state index is 14.7. The number of rotatable bonds is 5. The van der Waals surface area contributed by atoms with E-state index in [-0.39, 0.29) is 13.2 Å². The normalized spacial score (nSPS) is 16.2. The van der Waals surface area contributed by atoms with E-state index in [2.05, 4.69) is 20.5 Å². The van der Waals surface area contributed by atoms with Crippen LogP contribution in [0.5, 0.6) is 0 Å². The molecule has 0 aliphatic carbocycles. The minimum absolute atomic E-state index is 0.174. The summed E-state index contributed by atoms with van der Waals surface area (Å²) in [5.41, 5.74) is 1.30. The number of cyclic esters (lactones) is 1. The van der Waals surface area contributed by atoms with Gasteiger partial charge in [0.2, 0.25) is 0 Å². The Morgan fingerprint density at radius 1 is 1.34 bits per heavy atom. The lowest BCUT2D eigenvalue weighted by Gasteiger charge is -2.16. The topological polar surface area (TPSA) is 110 Å². The number of tetrazole rings is 1. The van der Waals surface area contributed by atoms with Crippen LogP contribution in [0.3, 0.4) is 0 Å². The number of aliphatic hydroxyl groups is 1. The van der Waals surface area contributed by atoms with Gasteiger partial charge in [0, 0.05) is 31.4 Å². The molecule has 1 fully saturated rings. The van der Waals surface area contributed by atoms with Gasteiger partial charge in [0.1, 0.15) is 17.7 Å². The third kappa shape index (κ3) is 3.47. The van der Waals surface area contributed by atoms with Gasteiger partial charge in [-0.15, -0.1) is 0 Å². The SMILES string of the molecule is CN(c1ccc(-c2ccc(N3CC(CO)OC3=O)cc2F)cn1)c1nnnn1C. The Balaban J connectivity index is 1.56. The van der Waals surface area contributed by atoms with E-state index in [1.165, 1.54) is 15.6 Å². The molecular formula is C18H18FN7O3. The number of amides is 1. The van der Waals surface area contributed by atoms with E-state index in [9.17, 15) is 9.18 Å². The van der Waals surface area contributed by atoms with Gasteiger partial charge in [-0.2, -0.15) is 0 Å². The summed E-state index contributed by atoms with van der Waals surface area (Å²) in [5, 5.41) is 20.4. The Labute approximate surface area is 165 Å². The molecule has 0 bridgehead atoms. The van der Waals surface area contributed by atoms with E-state index in [0.29, 0.717) is 28.6 Å². The highest BCUT2D eigenvalue weighted by atomic mass is 19.1. The number of hydrogen-bond donors (Lipinski definition) is 1. The highest BCUT2D eigenvalue weighted by molar-refractivity contribution is 5.90. The number of benzene rings is 1. The third-order valence-electron chi connectivity index (χ3n) is 4.64. The predicted molar refractivity (Wildman–Crippen MR) is 101 cm³/mol. The van der Waals surface area contributed by atoms with Gasteiger partial charge in [-0.05, 0) is 40.8 Å². The lowest BCUT2D eigenvalue weighted by molar-refractivity contribution is 0.0963. The van der Waals surface area contributed by atoms with Crippen LogP contribution in [0, 0.1) is 5.82 Å². The first-order valence-electron chi connectivity index (χ1n) is 8.79. The Hall–Kier alpha value is -3.60. The van der Waals surface area contributed by atoms with Gasteiger partial charge in [0.15, 0.2) is 0 Å². The second-order valence-corrected chi connectivity index (χ2v) is 6.53. The van der Waals surface area contributed by atoms with Crippen molar-refractivity contribution in [2.75, 3.05) is 30.0 Å². The van der Waals surface area contributed by atoms with Crippen LogP contribution in [0.4, 0.5) is 26.6 Å². The predicted octanol–water partition coefficient (Wildman–Crippen LogP) is 1.50. The number of aliphatic hydroxyl groups excluding tert-OH is 1. The molecule has 1 amide bonds. The summed E-state index contributed by atoms with van der Waals surface area (Å²) in [6.07, 6.45) is 0.339. The summed E-state index contributed by atoms with van der Waals surface area (Å²) in [7, 11) is 3.49. The fourth-order valence-corrected chi connectivity index (χ4v) is 3.09. The first-order valence-corrected chi connectivity index (χ1v) is 8.79. The number of carbonyl (C=O) groups is 1. The zero-order valence-corrected chi connectivity index (χ0v) is 15.7. The summed E-state index contributed by atoms with van der Waals surface area (Å²) in [6, 6.07) is 7.96. The monoisotopic (exact) mass is 399 g/mol. The fraction of sp³-hybridized carbons (Fsp3) is 0.278. The van der Waals surface area contributed by atoms with E-state index in [4.69, 9.17) is 9.84 Å². The molecule has 3 aromatic rings. The quantitative estimate of drug-likeness (QED) is 0.687. The Kier molecular flexibility index (Phi) is 4.80. The molecule has 1 aromatic carbocycles. The summed E-state index contributed by atoms with van der Waals surface area (Å²) < 4.78 is 21.2. The summed E-state index contributed by atoms with van der Waals surface area (Å²) >= 11 is 0. The van der Waals surface area contributed by atoms with Crippen LogP contribution in [0.2, 0.25) is 0 Å². The smallest absolute Gasteiger partial charge is 0.414 e. The molecule has 10 nitrogen and oxygen atoms in total. The van der Waals surface area contributed by atoms with E-state index >= 15 is 0 Å². The van der Waals surface area contributed by atoms with Crippen LogP contribution < -0.4 is 9.80 Å². The third-order valence-corrected chi connectivity index (χ3v) is 4.64. The Morgan fingerprint density at radius 2 is 2.17 bits per heavy atom. The van der Waals surface area contributed by atoms with Gasteiger partial charge in [-0.3, -0.25) is 9.80 Å². The van der Waals surface area contributed by atoms with Gasteiger partial charge in [-0.1, -0.05) is 5.10 Å². The number of hydrogen-bond acceptors (Lipinski definition) is 8. The van der Waals surface area contributed by atoms with Gasteiger partial charge in [0.05, 0.1) is 18.8 Å². The van der Waals surface area contributed by atoms with Gasteiger partial charge in [0.25, 0.3) is 5.95 Å². The lowest BCUT2D eigenvalue weighted by Crippen LogP contribution is -2.25. The zero-order valence-electron chi connectivity index (χ0n) is 15.7. The van der Waals surface area contributed by atoms with Crippen molar-refractivity contribution in [3.8, 4) is 11.1 Å². The zero-order chi connectivity index (χ0) is 20.5. The molecule has 29 heavy (non-hydrogen) atoms. The van der Waals surface area contributed by atoms with Crippen molar-refractivity contribution in [1.82, 2.24) is 25.2 Å². The Morgan fingerprint density at radius 3 is 2.76 bits per heavy atom.